The van der Waals surface area contributed by atoms with Crippen molar-refractivity contribution in [2.75, 3.05) is 19.6 Å². The molecule has 4 rings (SSSR count). The maximum Gasteiger partial charge on any atom is 0.257 e. The van der Waals surface area contributed by atoms with Crippen molar-refractivity contribution >= 4 is 23.0 Å². The van der Waals surface area contributed by atoms with Gasteiger partial charge in [0, 0.05) is 16.9 Å². The minimum Gasteiger partial charge on any atom is -0.507 e. The van der Waals surface area contributed by atoms with Crippen molar-refractivity contribution in [3.63, 3.8) is 0 Å². The summed E-state index contributed by atoms with van der Waals surface area (Å²) >= 11 is 1.65. The van der Waals surface area contributed by atoms with E-state index >= 15 is 0 Å². The molecule has 1 aromatic heterocycles. The van der Waals surface area contributed by atoms with Gasteiger partial charge in [0.1, 0.15) is 5.75 Å². The topological polar surface area (TPSA) is 56.1 Å². The Labute approximate surface area is 163 Å². The SMILES string of the molecule is CC1CCN(CC(=O)N2N=C(c3ccccc3O)CC2c2cccs2)CC1. The summed E-state index contributed by atoms with van der Waals surface area (Å²) in [4.78, 5) is 16.4. The van der Waals surface area contributed by atoms with Gasteiger partial charge < -0.3 is 5.11 Å². The molecule has 2 aliphatic heterocycles. The highest BCUT2D eigenvalue weighted by atomic mass is 32.1. The third-order valence-corrected chi connectivity index (χ3v) is 6.46. The normalized spacial score (nSPS) is 21.4. The van der Waals surface area contributed by atoms with Crippen LogP contribution in [0.1, 0.15) is 42.7 Å². The van der Waals surface area contributed by atoms with E-state index < -0.39 is 0 Å². The van der Waals surface area contributed by atoms with Gasteiger partial charge in [-0.05, 0) is 55.4 Å². The van der Waals surface area contributed by atoms with Crippen LogP contribution in [0.25, 0.3) is 0 Å². The molecule has 0 radical (unpaired) electrons. The number of carbonyl (C=O) groups excluding carboxylic acids is 1. The Morgan fingerprint density at radius 2 is 2.00 bits per heavy atom. The molecule has 3 heterocycles. The second-order valence-electron chi connectivity index (χ2n) is 7.50. The molecule has 1 unspecified atom stereocenters. The van der Waals surface area contributed by atoms with Gasteiger partial charge in [-0.1, -0.05) is 25.1 Å². The Bertz CT molecular complexity index is 826. The van der Waals surface area contributed by atoms with Gasteiger partial charge in [-0.3, -0.25) is 9.69 Å². The zero-order valence-corrected chi connectivity index (χ0v) is 16.4. The maximum absolute atomic E-state index is 13.1. The van der Waals surface area contributed by atoms with Crippen LogP contribution in [0, 0.1) is 5.92 Å². The fourth-order valence-corrected chi connectivity index (χ4v) is 4.62. The zero-order valence-electron chi connectivity index (χ0n) is 15.5. The number of piperidine rings is 1. The van der Waals surface area contributed by atoms with E-state index in [1.54, 1.807) is 28.5 Å². The number of carbonyl (C=O) groups is 1. The van der Waals surface area contributed by atoms with Gasteiger partial charge in [-0.25, -0.2) is 5.01 Å². The summed E-state index contributed by atoms with van der Waals surface area (Å²) in [7, 11) is 0. The number of nitrogens with zero attached hydrogens (tertiary/aromatic N) is 3. The molecule has 142 valence electrons. The Morgan fingerprint density at radius 1 is 1.22 bits per heavy atom. The third-order valence-electron chi connectivity index (χ3n) is 5.49. The van der Waals surface area contributed by atoms with Crippen LogP contribution >= 0.6 is 11.3 Å². The Hall–Kier alpha value is -2.18. The lowest BCUT2D eigenvalue weighted by Crippen LogP contribution is -2.41. The molecule has 1 atom stereocenters. The lowest BCUT2D eigenvalue weighted by atomic mass is 9.99. The molecule has 5 nitrogen and oxygen atoms in total. The van der Waals surface area contributed by atoms with Gasteiger partial charge in [0.25, 0.3) is 5.91 Å². The van der Waals surface area contributed by atoms with Crippen LogP contribution in [-0.2, 0) is 4.79 Å². The lowest BCUT2D eigenvalue weighted by Gasteiger charge is -2.31. The fourth-order valence-electron chi connectivity index (χ4n) is 3.81. The summed E-state index contributed by atoms with van der Waals surface area (Å²) < 4.78 is 0. The first-order valence-electron chi connectivity index (χ1n) is 9.55. The molecule has 0 saturated carbocycles. The molecule has 1 aromatic carbocycles. The molecule has 1 amide bonds. The number of hydrogen-bond donors (Lipinski definition) is 1. The first-order chi connectivity index (χ1) is 13.1. The van der Waals surface area contributed by atoms with Gasteiger partial charge in [0.15, 0.2) is 0 Å². The number of thiophene rings is 1. The predicted molar refractivity (Wildman–Crippen MR) is 108 cm³/mol. The molecule has 1 fully saturated rings. The third kappa shape index (κ3) is 3.92. The molecule has 6 heteroatoms. The molecule has 27 heavy (non-hydrogen) atoms. The molecule has 0 spiro atoms. The fraction of sp³-hybridized carbons (Fsp3) is 0.429. The number of benzene rings is 1. The second kappa shape index (κ2) is 7.82. The van der Waals surface area contributed by atoms with Crippen LogP contribution in [0.5, 0.6) is 5.75 Å². The zero-order chi connectivity index (χ0) is 18.8. The van der Waals surface area contributed by atoms with E-state index in [9.17, 15) is 9.90 Å². The van der Waals surface area contributed by atoms with Crippen molar-refractivity contribution in [3.8, 4) is 5.75 Å². The summed E-state index contributed by atoms with van der Waals surface area (Å²) in [6.45, 7) is 4.63. The van der Waals surface area contributed by atoms with Crippen LogP contribution in [0.15, 0.2) is 46.9 Å². The van der Waals surface area contributed by atoms with Gasteiger partial charge in [0.05, 0.1) is 18.3 Å². The number of phenolic OH excluding ortho intramolecular Hbond substituents is 1. The minimum atomic E-state index is -0.0872. The van der Waals surface area contributed by atoms with E-state index in [4.69, 9.17) is 0 Å². The highest BCUT2D eigenvalue weighted by molar-refractivity contribution is 7.10. The number of hydrogen-bond acceptors (Lipinski definition) is 5. The molecule has 1 saturated heterocycles. The summed E-state index contributed by atoms with van der Waals surface area (Å²) in [6, 6.07) is 11.2. The average molecular weight is 384 g/mol. The summed E-state index contributed by atoms with van der Waals surface area (Å²) in [5.41, 5.74) is 1.48. The van der Waals surface area contributed by atoms with E-state index in [1.165, 1.54) is 0 Å². The van der Waals surface area contributed by atoms with Crippen LogP contribution in [0.2, 0.25) is 0 Å². The predicted octanol–water partition coefficient (Wildman–Crippen LogP) is 3.86. The van der Waals surface area contributed by atoms with Crippen molar-refractivity contribution < 1.29 is 9.90 Å². The van der Waals surface area contributed by atoms with Crippen molar-refractivity contribution in [2.24, 2.45) is 11.0 Å². The summed E-state index contributed by atoms with van der Waals surface area (Å²) in [6.07, 6.45) is 2.92. The first-order valence-corrected chi connectivity index (χ1v) is 10.4. The smallest absolute Gasteiger partial charge is 0.257 e. The standard InChI is InChI=1S/C21H25N3O2S/c1-15-8-10-23(11-9-15)14-21(26)24-18(20-7-4-12-27-20)13-17(22-24)16-5-2-3-6-19(16)25/h2-7,12,15,18,25H,8-11,13-14H2,1H3. The van der Waals surface area contributed by atoms with E-state index in [1.807, 2.05) is 23.6 Å². The Balaban J connectivity index is 1.56. The number of rotatable bonds is 4. The van der Waals surface area contributed by atoms with E-state index in [0.717, 1.165) is 42.4 Å². The molecular weight excluding hydrogens is 358 g/mol. The van der Waals surface area contributed by atoms with E-state index in [2.05, 4.69) is 23.0 Å². The number of likely N-dealkylation sites (tertiary alicyclic amines) is 1. The van der Waals surface area contributed by atoms with Gasteiger partial charge in [-0.15, -0.1) is 11.3 Å². The van der Waals surface area contributed by atoms with Crippen molar-refractivity contribution in [1.82, 2.24) is 9.91 Å². The number of amides is 1. The molecule has 0 bridgehead atoms. The molecule has 1 N–H and O–H groups in total. The van der Waals surface area contributed by atoms with Crippen LogP contribution in [0.4, 0.5) is 0 Å². The molecule has 2 aromatic rings. The van der Waals surface area contributed by atoms with E-state index in [0.29, 0.717) is 18.5 Å². The number of phenols is 1. The minimum absolute atomic E-state index is 0.0355. The van der Waals surface area contributed by atoms with Gasteiger partial charge in [-0.2, -0.15) is 5.10 Å². The van der Waals surface area contributed by atoms with Crippen LogP contribution in [-0.4, -0.2) is 46.3 Å². The number of aromatic hydroxyl groups is 1. The van der Waals surface area contributed by atoms with Gasteiger partial charge >= 0.3 is 0 Å². The first kappa shape index (κ1) is 18.2. The van der Waals surface area contributed by atoms with Crippen molar-refractivity contribution in [3.05, 3.63) is 52.2 Å². The van der Waals surface area contributed by atoms with E-state index in [-0.39, 0.29) is 17.7 Å². The molecule has 0 aliphatic carbocycles. The summed E-state index contributed by atoms with van der Waals surface area (Å²) in [5, 5.41) is 18.5. The van der Waals surface area contributed by atoms with Crippen molar-refractivity contribution in [2.45, 2.75) is 32.2 Å². The number of para-hydroxylation sites is 1. The summed E-state index contributed by atoms with van der Waals surface area (Å²) in [5.74, 6) is 0.988. The highest BCUT2D eigenvalue weighted by Crippen LogP contribution is 2.36. The maximum atomic E-state index is 13.1. The van der Waals surface area contributed by atoms with Crippen molar-refractivity contribution in [1.29, 1.82) is 0 Å². The lowest BCUT2D eigenvalue weighted by molar-refractivity contribution is -0.134. The molecular formula is C21H25N3O2S. The highest BCUT2D eigenvalue weighted by Gasteiger charge is 2.35. The molecule has 2 aliphatic rings. The Morgan fingerprint density at radius 3 is 2.70 bits per heavy atom. The van der Waals surface area contributed by atoms with Gasteiger partial charge in [0.2, 0.25) is 0 Å². The van der Waals surface area contributed by atoms with Crippen LogP contribution < -0.4 is 0 Å². The Kier molecular flexibility index (Phi) is 5.27. The quantitative estimate of drug-likeness (QED) is 0.872. The van der Waals surface area contributed by atoms with Crippen LogP contribution in [0.3, 0.4) is 0 Å². The number of hydrazone groups is 1. The second-order valence-corrected chi connectivity index (χ2v) is 8.48. The monoisotopic (exact) mass is 383 g/mol. The largest absolute Gasteiger partial charge is 0.507 e. The average Bonchev–Trinajstić information content (AvgIpc) is 3.33.